The van der Waals surface area contributed by atoms with E-state index >= 15 is 0 Å². The Bertz CT molecular complexity index is 144. The van der Waals surface area contributed by atoms with Crippen molar-refractivity contribution in [1.29, 1.82) is 0 Å². The fourth-order valence-corrected chi connectivity index (χ4v) is 2.68. The molecule has 0 aromatic heterocycles. The van der Waals surface area contributed by atoms with E-state index in [2.05, 4.69) is 0 Å². The van der Waals surface area contributed by atoms with Gasteiger partial charge in [-0.2, -0.15) is 0 Å². The van der Waals surface area contributed by atoms with Crippen LogP contribution >= 0.6 is 0 Å². The second-order valence-electron chi connectivity index (χ2n) is 4.11. The molecule has 3 saturated carbocycles. The van der Waals surface area contributed by atoms with Gasteiger partial charge in [-0.1, -0.05) is 0 Å². The Morgan fingerprint density at radius 3 is 1.30 bits per heavy atom. The second kappa shape index (κ2) is 1.41. The quantitative estimate of drug-likeness (QED) is 0.497. The zero-order valence-corrected chi connectivity index (χ0v) is 5.77. The summed E-state index contributed by atoms with van der Waals surface area (Å²) in [6.45, 7) is 0. The Labute approximate surface area is 59.9 Å². The molecule has 10 heavy (non-hydrogen) atoms. The zero-order chi connectivity index (χ0) is 6.88. The third-order valence-corrected chi connectivity index (χ3v) is 3.54. The van der Waals surface area contributed by atoms with Crippen molar-refractivity contribution in [3.05, 3.63) is 0 Å². The van der Waals surface area contributed by atoms with Gasteiger partial charge in [0, 0.05) is 0 Å². The molecular formula is C8H12O2. The molecule has 0 bridgehead atoms. The molecule has 4 unspecified atom stereocenters. The van der Waals surface area contributed by atoms with Gasteiger partial charge in [0.05, 0.1) is 12.2 Å². The van der Waals surface area contributed by atoms with Crippen LogP contribution < -0.4 is 0 Å². The first-order valence-corrected chi connectivity index (χ1v) is 4.15. The maximum atomic E-state index is 9.54. The molecule has 0 radical (unpaired) electrons. The van der Waals surface area contributed by atoms with E-state index in [9.17, 15) is 10.2 Å². The van der Waals surface area contributed by atoms with Crippen molar-refractivity contribution in [3.8, 4) is 0 Å². The smallest absolute Gasteiger partial charge is 0.0604 e. The summed E-state index contributed by atoms with van der Waals surface area (Å²) in [4.78, 5) is 0. The lowest BCUT2D eigenvalue weighted by atomic mass is 9.95. The normalized spacial score (nSPS) is 70.2. The third-order valence-electron chi connectivity index (χ3n) is 3.54. The molecule has 4 atom stereocenters. The largest absolute Gasteiger partial charge is 0.393 e. The van der Waals surface area contributed by atoms with Crippen molar-refractivity contribution < 1.29 is 10.2 Å². The first-order chi connectivity index (χ1) is 4.79. The standard InChI is InChI=1S/C8H12O2/c9-7-3-1-4(3)8(10)6-2-5(6)7/h3-10H,1-2H2. The van der Waals surface area contributed by atoms with Crippen LogP contribution in [0.5, 0.6) is 0 Å². The lowest BCUT2D eigenvalue weighted by Crippen LogP contribution is -2.27. The van der Waals surface area contributed by atoms with Gasteiger partial charge in [-0.3, -0.25) is 0 Å². The van der Waals surface area contributed by atoms with Crippen LogP contribution in [0.15, 0.2) is 0 Å². The van der Waals surface area contributed by atoms with Gasteiger partial charge in [0.15, 0.2) is 0 Å². The number of aliphatic hydroxyl groups excluding tert-OH is 2. The van der Waals surface area contributed by atoms with E-state index in [1.54, 1.807) is 0 Å². The molecule has 0 amide bonds. The Kier molecular flexibility index (Phi) is 0.783. The second-order valence-corrected chi connectivity index (χ2v) is 4.11. The lowest BCUT2D eigenvalue weighted by molar-refractivity contribution is 0.0351. The summed E-state index contributed by atoms with van der Waals surface area (Å²) in [6, 6.07) is 0. The summed E-state index contributed by atoms with van der Waals surface area (Å²) in [7, 11) is 0. The topological polar surface area (TPSA) is 40.5 Å². The highest BCUT2D eigenvalue weighted by Gasteiger charge is 2.64. The molecule has 3 aliphatic carbocycles. The minimum absolute atomic E-state index is 0.0570. The molecule has 0 aliphatic heterocycles. The lowest BCUT2D eigenvalue weighted by Gasteiger charge is -2.19. The highest BCUT2D eigenvalue weighted by Crippen LogP contribution is 2.62. The summed E-state index contributed by atoms with van der Waals surface area (Å²) in [5, 5.41) is 19.1. The molecule has 0 heterocycles. The predicted octanol–water partition coefficient (Wildman–Crippen LogP) is -0.00600. The highest BCUT2D eigenvalue weighted by molar-refractivity contribution is 5.13. The van der Waals surface area contributed by atoms with Crippen LogP contribution in [0.4, 0.5) is 0 Å². The fourth-order valence-electron chi connectivity index (χ4n) is 2.68. The van der Waals surface area contributed by atoms with Gasteiger partial charge in [-0.15, -0.1) is 0 Å². The first kappa shape index (κ1) is 5.56. The van der Waals surface area contributed by atoms with Crippen molar-refractivity contribution in [2.75, 3.05) is 0 Å². The van der Waals surface area contributed by atoms with Crippen LogP contribution in [-0.2, 0) is 0 Å². The van der Waals surface area contributed by atoms with Gasteiger partial charge in [0.25, 0.3) is 0 Å². The highest BCUT2D eigenvalue weighted by atomic mass is 16.3. The van der Waals surface area contributed by atoms with Gasteiger partial charge < -0.3 is 10.2 Å². The van der Waals surface area contributed by atoms with Crippen LogP contribution in [0.1, 0.15) is 12.8 Å². The number of hydrogen-bond acceptors (Lipinski definition) is 2. The number of aliphatic hydroxyl groups is 2. The molecule has 0 aromatic carbocycles. The van der Waals surface area contributed by atoms with Crippen LogP contribution in [-0.4, -0.2) is 22.4 Å². The Balaban J connectivity index is 1.88. The van der Waals surface area contributed by atoms with Gasteiger partial charge in [-0.25, -0.2) is 0 Å². The van der Waals surface area contributed by atoms with E-state index in [1.165, 1.54) is 0 Å². The van der Waals surface area contributed by atoms with E-state index in [4.69, 9.17) is 0 Å². The minimum Gasteiger partial charge on any atom is -0.393 e. The van der Waals surface area contributed by atoms with E-state index in [0.717, 1.165) is 12.8 Å². The van der Waals surface area contributed by atoms with Crippen LogP contribution in [0, 0.1) is 23.7 Å². The zero-order valence-electron chi connectivity index (χ0n) is 5.77. The summed E-state index contributed by atoms with van der Waals surface area (Å²) in [5.41, 5.74) is 0. The van der Waals surface area contributed by atoms with E-state index in [1.807, 2.05) is 0 Å². The van der Waals surface area contributed by atoms with Crippen molar-refractivity contribution in [1.82, 2.24) is 0 Å². The fraction of sp³-hybridized carbons (Fsp3) is 1.00. The average Bonchev–Trinajstić information content (AvgIpc) is 2.77. The molecule has 3 rings (SSSR count). The summed E-state index contributed by atoms with van der Waals surface area (Å²) in [6.07, 6.45) is 2.04. The molecule has 0 spiro atoms. The molecule has 56 valence electrons. The number of hydrogen-bond donors (Lipinski definition) is 2. The monoisotopic (exact) mass is 140 g/mol. The van der Waals surface area contributed by atoms with E-state index in [-0.39, 0.29) is 12.2 Å². The van der Waals surface area contributed by atoms with Crippen molar-refractivity contribution in [3.63, 3.8) is 0 Å². The Morgan fingerprint density at radius 2 is 1.00 bits per heavy atom. The number of fused-ring (bicyclic) bond motifs is 2. The molecular weight excluding hydrogens is 128 g/mol. The van der Waals surface area contributed by atoms with E-state index < -0.39 is 0 Å². The molecule has 3 aliphatic rings. The van der Waals surface area contributed by atoms with Crippen molar-refractivity contribution in [2.45, 2.75) is 25.0 Å². The summed E-state index contributed by atoms with van der Waals surface area (Å²) >= 11 is 0. The molecule has 2 nitrogen and oxygen atoms in total. The van der Waals surface area contributed by atoms with Gasteiger partial charge in [0.1, 0.15) is 0 Å². The third kappa shape index (κ3) is 0.487. The number of rotatable bonds is 0. The average molecular weight is 140 g/mol. The van der Waals surface area contributed by atoms with E-state index in [0.29, 0.717) is 23.7 Å². The van der Waals surface area contributed by atoms with Gasteiger partial charge >= 0.3 is 0 Å². The van der Waals surface area contributed by atoms with Gasteiger partial charge in [0.2, 0.25) is 0 Å². The Hall–Kier alpha value is -0.0800. The van der Waals surface area contributed by atoms with Crippen LogP contribution in [0.3, 0.4) is 0 Å². The molecule has 2 heteroatoms. The molecule has 0 aromatic rings. The van der Waals surface area contributed by atoms with Gasteiger partial charge in [-0.05, 0) is 36.5 Å². The predicted molar refractivity (Wildman–Crippen MR) is 35.2 cm³/mol. The van der Waals surface area contributed by atoms with Crippen LogP contribution in [0.2, 0.25) is 0 Å². The maximum absolute atomic E-state index is 9.54. The van der Waals surface area contributed by atoms with Crippen LogP contribution in [0.25, 0.3) is 0 Å². The maximum Gasteiger partial charge on any atom is 0.0604 e. The Morgan fingerprint density at radius 1 is 0.700 bits per heavy atom. The summed E-state index contributed by atoms with van der Waals surface area (Å²) < 4.78 is 0. The SMILES string of the molecule is OC1C2CC2C(O)C2CC12. The molecule has 0 saturated heterocycles. The summed E-state index contributed by atoms with van der Waals surface area (Å²) in [5.74, 6) is 1.88. The molecule has 2 N–H and O–H groups in total. The first-order valence-electron chi connectivity index (χ1n) is 4.15. The van der Waals surface area contributed by atoms with Crippen molar-refractivity contribution in [2.24, 2.45) is 23.7 Å². The minimum atomic E-state index is -0.0570. The molecule has 3 fully saturated rings. The van der Waals surface area contributed by atoms with Crippen molar-refractivity contribution >= 4 is 0 Å².